The Labute approximate surface area is 112 Å². The van der Waals surface area contributed by atoms with Crippen LogP contribution in [-0.2, 0) is 6.54 Å². The number of hydrogen-bond donors (Lipinski definition) is 1. The minimum atomic E-state index is -0.328. The number of imidazole rings is 1. The zero-order valence-corrected chi connectivity index (χ0v) is 10.9. The van der Waals surface area contributed by atoms with E-state index in [1.807, 2.05) is 0 Å². The molecule has 19 heavy (non-hydrogen) atoms. The molecule has 2 heterocycles. The molecule has 0 amide bonds. The zero-order chi connectivity index (χ0) is 13.4. The van der Waals surface area contributed by atoms with Crippen molar-refractivity contribution in [2.75, 3.05) is 7.11 Å². The van der Waals surface area contributed by atoms with Crippen LogP contribution in [-0.4, -0.2) is 21.7 Å². The van der Waals surface area contributed by atoms with Gasteiger partial charge < -0.3 is 10.5 Å². The largest absolute Gasteiger partial charge is 0.496 e. The second kappa shape index (κ2) is 4.60. The van der Waals surface area contributed by atoms with Crippen molar-refractivity contribution >= 4 is 16.3 Å². The van der Waals surface area contributed by atoms with Crippen LogP contribution < -0.4 is 10.5 Å². The first kappa shape index (κ1) is 12.1. The highest BCUT2D eigenvalue weighted by Gasteiger charge is 2.14. The Kier molecular flexibility index (Phi) is 2.92. The molecular weight excluding hydrogens is 267 g/mol. The maximum atomic E-state index is 13.4. The van der Waals surface area contributed by atoms with Crippen LogP contribution in [0.25, 0.3) is 15.5 Å². The van der Waals surface area contributed by atoms with Gasteiger partial charge in [0, 0.05) is 6.54 Å². The number of fused-ring (bicyclic) bond motifs is 1. The van der Waals surface area contributed by atoms with E-state index in [0.29, 0.717) is 22.9 Å². The summed E-state index contributed by atoms with van der Waals surface area (Å²) in [6, 6.07) is 4.34. The van der Waals surface area contributed by atoms with Crippen molar-refractivity contribution in [1.29, 1.82) is 0 Å². The van der Waals surface area contributed by atoms with Crippen molar-refractivity contribution in [3.8, 4) is 16.3 Å². The van der Waals surface area contributed by atoms with E-state index in [0.717, 1.165) is 10.7 Å². The highest BCUT2D eigenvalue weighted by atomic mass is 32.1. The van der Waals surface area contributed by atoms with E-state index in [2.05, 4.69) is 10.1 Å². The number of nitrogens with two attached hydrogens (primary N) is 1. The van der Waals surface area contributed by atoms with Crippen LogP contribution in [0.4, 0.5) is 4.39 Å². The molecule has 0 bridgehead atoms. The number of ether oxygens (including phenoxy) is 1. The molecule has 2 N–H and O–H groups in total. The molecule has 0 spiro atoms. The summed E-state index contributed by atoms with van der Waals surface area (Å²) in [5, 5.41) is 5.03. The maximum absolute atomic E-state index is 13.4. The summed E-state index contributed by atoms with van der Waals surface area (Å²) < 4.78 is 20.2. The number of benzene rings is 1. The first-order valence-corrected chi connectivity index (χ1v) is 6.42. The Bertz CT molecular complexity index is 705. The molecule has 98 valence electrons. The molecule has 0 fully saturated rings. The van der Waals surface area contributed by atoms with Crippen molar-refractivity contribution in [2.45, 2.75) is 6.54 Å². The van der Waals surface area contributed by atoms with Gasteiger partial charge in [0.15, 0.2) is 5.01 Å². The minimum Gasteiger partial charge on any atom is -0.496 e. The van der Waals surface area contributed by atoms with Crippen molar-refractivity contribution in [3.63, 3.8) is 0 Å². The predicted octanol–water partition coefficient (Wildman–Crippen LogP) is 2.06. The number of rotatable bonds is 3. The normalized spacial score (nSPS) is 11.1. The Balaban J connectivity index is 2.13. The molecule has 0 saturated heterocycles. The highest BCUT2D eigenvalue weighted by Crippen LogP contribution is 2.33. The molecular formula is C12H11FN4OS. The van der Waals surface area contributed by atoms with Crippen LogP contribution in [0.2, 0.25) is 0 Å². The molecule has 0 aliphatic rings. The topological polar surface area (TPSA) is 65.4 Å². The van der Waals surface area contributed by atoms with Gasteiger partial charge in [-0.15, -0.1) is 0 Å². The lowest BCUT2D eigenvalue weighted by Crippen LogP contribution is -1.95. The Morgan fingerprint density at radius 3 is 3.00 bits per heavy atom. The van der Waals surface area contributed by atoms with Crippen LogP contribution in [0.1, 0.15) is 5.69 Å². The van der Waals surface area contributed by atoms with Gasteiger partial charge in [0.05, 0.1) is 24.6 Å². The molecule has 0 aliphatic carbocycles. The standard InChI is InChI=1S/C12H11FN4OS/c1-18-10-3-2-7(13)4-9(10)11-16-17-6-8(5-14)15-12(17)19-11/h2-4,6H,5,14H2,1H3. The molecule has 0 aliphatic heterocycles. The summed E-state index contributed by atoms with van der Waals surface area (Å²) in [4.78, 5) is 5.04. The summed E-state index contributed by atoms with van der Waals surface area (Å²) in [5.41, 5.74) is 6.91. The van der Waals surface area contributed by atoms with Gasteiger partial charge in [0.1, 0.15) is 11.6 Å². The Morgan fingerprint density at radius 2 is 2.32 bits per heavy atom. The van der Waals surface area contributed by atoms with Crippen molar-refractivity contribution < 1.29 is 9.13 Å². The molecule has 0 unspecified atom stereocenters. The molecule has 2 aromatic heterocycles. The molecule has 1 aromatic carbocycles. The average molecular weight is 278 g/mol. The number of nitrogens with zero attached hydrogens (tertiary/aromatic N) is 3. The van der Waals surface area contributed by atoms with Gasteiger partial charge in [-0.1, -0.05) is 11.3 Å². The summed E-state index contributed by atoms with van der Waals surface area (Å²) in [6.07, 6.45) is 1.76. The van der Waals surface area contributed by atoms with E-state index in [-0.39, 0.29) is 5.82 Å². The quantitative estimate of drug-likeness (QED) is 0.796. The molecule has 0 saturated carbocycles. The van der Waals surface area contributed by atoms with Crippen LogP contribution >= 0.6 is 11.3 Å². The molecule has 0 atom stereocenters. The number of halogens is 1. The molecule has 3 aromatic rings. The summed E-state index contributed by atoms with van der Waals surface area (Å²) in [7, 11) is 1.54. The summed E-state index contributed by atoms with van der Waals surface area (Å²) in [6.45, 7) is 0.370. The smallest absolute Gasteiger partial charge is 0.212 e. The van der Waals surface area contributed by atoms with Crippen molar-refractivity contribution in [3.05, 3.63) is 35.9 Å². The monoisotopic (exact) mass is 278 g/mol. The lowest BCUT2D eigenvalue weighted by molar-refractivity contribution is 0.415. The third-order valence-electron chi connectivity index (χ3n) is 2.69. The minimum absolute atomic E-state index is 0.328. The van der Waals surface area contributed by atoms with Gasteiger partial charge >= 0.3 is 0 Å². The fourth-order valence-electron chi connectivity index (χ4n) is 1.80. The molecule has 3 rings (SSSR count). The van der Waals surface area contributed by atoms with E-state index in [1.54, 1.807) is 23.9 Å². The summed E-state index contributed by atoms with van der Waals surface area (Å²) >= 11 is 1.36. The summed E-state index contributed by atoms with van der Waals surface area (Å²) in [5.74, 6) is 0.253. The number of hydrogen-bond acceptors (Lipinski definition) is 5. The van der Waals surface area contributed by atoms with Crippen molar-refractivity contribution in [2.24, 2.45) is 5.73 Å². The first-order valence-electron chi connectivity index (χ1n) is 5.60. The van der Waals surface area contributed by atoms with Gasteiger partial charge in [0.2, 0.25) is 4.96 Å². The van der Waals surface area contributed by atoms with E-state index in [9.17, 15) is 4.39 Å². The fourth-order valence-corrected chi connectivity index (χ4v) is 2.72. The van der Waals surface area contributed by atoms with Gasteiger partial charge in [0.25, 0.3) is 0 Å². The Morgan fingerprint density at radius 1 is 1.47 bits per heavy atom. The van der Waals surface area contributed by atoms with E-state index >= 15 is 0 Å². The second-order valence-corrected chi connectivity index (χ2v) is 4.87. The third kappa shape index (κ3) is 2.06. The maximum Gasteiger partial charge on any atom is 0.212 e. The lowest BCUT2D eigenvalue weighted by atomic mass is 10.2. The van der Waals surface area contributed by atoms with Crippen LogP contribution in [0.3, 0.4) is 0 Å². The zero-order valence-electron chi connectivity index (χ0n) is 10.1. The van der Waals surface area contributed by atoms with E-state index in [4.69, 9.17) is 10.5 Å². The van der Waals surface area contributed by atoms with Gasteiger partial charge in [-0.25, -0.2) is 13.9 Å². The van der Waals surface area contributed by atoms with Crippen LogP contribution in [0, 0.1) is 5.82 Å². The predicted molar refractivity (Wildman–Crippen MR) is 70.7 cm³/mol. The number of aromatic nitrogens is 3. The lowest BCUT2D eigenvalue weighted by Gasteiger charge is -2.04. The first-order chi connectivity index (χ1) is 9.21. The molecule has 7 heteroatoms. The fraction of sp³-hybridized carbons (Fsp3) is 0.167. The van der Waals surface area contributed by atoms with Gasteiger partial charge in [-0.05, 0) is 18.2 Å². The molecule has 5 nitrogen and oxygen atoms in total. The molecule has 0 radical (unpaired) electrons. The number of methoxy groups -OCH3 is 1. The van der Waals surface area contributed by atoms with Gasteiger partial charge in [-0.2, -0.15) is 5.10 Å². The van der Waals surface area contributed by atoms with Crippen LogP contribution in [0.5, 0.6) is 5.75 Å². The van der Waals surface area contributed by atoms with E-state index in [1.165, 1.54) is 23.5 Å². The second-order valence-electron chi connectivity index (χ2n) is 3.92. The SMILES string of the molecule is COc1ccc(F)cc1-c1nn2cc(CN)nc2s1. The highest BCUT2D eigenvalue weighted by molar-refractivity contribution is 7.19. The van der Waals surface area contributed by atoms with Gasteiger partial charge in [-0.3, -0.25) is 0 Å². The third-order valence-corrected chi connectivity index (χ3v) is 3.65. The van der Waals surface area contributed by atoms with Crippen molar-refractivity contribution in [1.82, 2.24) is 14.6 Å². The van der Waals surface area contributed by atoms with E-state index < -0.39 is 0 Å². The van der Waals surface area contributed by atoms with Crippen LogP contribution in [0.15, 0.2) is 24.4 Å². The Hall–Kier alpha value is -1.99. The average Bonchev–Trinajstić information content (AvgIpc) is 2.96.